The standard InChI is InChI=1S/C14H24N2O2S2/c1-3-5-11-9-12(11)16-20(17,18)14-6-8-19-13(14)10-15-7-4-2/h6,8,11-12,15-16H,3-5,7,9-10H2,1-2H3. The maximum absolute atomic E-state index is 12.4. The van der Waals surface area contributed by atoms with Gasteiger partial charge in [-0.25, -0.2) is 13.1 Å². The van der Waals surface area contributed by atoms with Gasteiger partial charge in [-0.3, -0.25) is 0 Å². The molecule has 20 heavy (non-hydrogen) atoms. The Balaban J connectivity index is 1.97. The molecule has 0 aromatic carbocycles. The highest BCUT2D eigenvalue weighted by atomic mass is 32.2. The number of hydrogen-bond acceptors (Lipinski definition) is 4. The van der Waals surface area contributed by atoms with Crippen LogP contribution >= 0.6 is 11.3 Å². The second-order valence-corrected chi connectivity index (χ2v) is 8.08. The summed E-state index contributed by atoms with van der Waals surface area (Å²) in [6, 6.07) is 1.86. The molecule has 1 aromatic rings. The van der Waals surface area contributed by atoms with E-state index in [-0.39, 0.29) is 6.04 Å². The van der Waals surface area contributed by atoms with E-state index in [1.807, 2.05) is 5.38 Å². The first-order valence-electron chi connectivity index (χ1n) is 7.38. The zero-order chi connectivity index (χ0) is 14.6. The maximum Gasteiger partial charge on any atom is 0.241 e. The molecule has 0 aliphatic heterocycles. The highest BCUT2D eigenvalue weighted by Crippen LogP contribution is 2.36. The van der Waals surface area contributed by atoms with E-state index in [1.165, 1.54) is 11.3 Å². The van der Waals surface area contributed by atoms with Crippen molar-refractivity contribution in [3.05, 3.63) is 16.3 Å². The SMILES string of the molecule is CCCNCc1sccc1S(=O)(=O)NC1CC1CCC. The van der Waals surface area contributed by atoms with Crippen LogP contribution in [0.15, 0.2) is 16.3 Å². The van der Waals surface area contributed by atoms with Crippen molar-refractivity contribution in [2.75, 3.05) is 6.54 Å². The lowest BCUT2D eigenvalue weighted by atomic mass is 10.2. The third kappa shape index (κ3) is 4.04. The first-order chi connectivity index (χ1) is 9.58. The van der Waals surface area contributed by atoms with Crippen LogP contribution in [0.4, 0.5) is 0 Å². The van der Waals surface area contributed by atoms with E-state index in [0.29, 0.717) is 17.4 Å². The van der Waals surface area contributed by atoms with E-state index in [2.05, 4.69) is 23.9 Å². The van der Waals surface area contributed by atoms with Crippen molar-refractivity contribution >= 4 is 21.4 Å². The van der Waals surface area contributed by atoms with Gasteiger partial charge in [0.05, 0.1) is 4.90 Å². The largest absolute Gasteiger partial charge is 0.312 e. The van der Waals surface area contributed by atoms with E-state index in [1.54, 1.807) is 6.07 Å². The number of hydrogen-bond donors (Lipinski definition) is 2. The fourth-order valence-electron chi connectivity index (χ4n) is 2.42. The molecular formula is C14H24N2O2S2. The number of thiophene rings is 1. The molecule has 2 rings (SSSR count). The van der Waals surface area contributed by atoms with Gasteiger partial charge in [-0.1, -0.05) is 20.3 Å². The van der Waals surface area contributed by atoms with Crippen LogP contribution in [0.25, 0.3) is 0 Å². The van der Waals surface area contributed by atoms with Crippen LogP contribution in [-0.2, 0) is 16.6 Å². The molecule has 6 heteroatoms. The fourth-order valence-corrected chi connectivity index (χ4v) is 5.15. The second kappa shape index (κ2) is 7.02. The highest BCUT2D eigenvalue weighted by Gasteiger charge is 2.39. The van der Waals surface area contributed by atoms with Gasteiger partial charge in [-0.05, 0) is 43.2 Å². The summed E-state index contributed by atoms with van der Waals surface area (Å²) in [4.78, 5) is 1.35. The molecule has 1 aromatic heterocycles. The van der Waals surface area contributed by atoms with Crippen molar-refractivity contribution in [1.82, 2.24) is 10.0 Å². The topological polar surface area (TPSA) is 58.2 Å². The van der Waals surface area contributed by atoms with Crippen molar-refractivity contribution in [2.24, 2.45) is 5.92 Å². The molecule has 0 amide bonds. The van der Waals surface area contributed by atoms with Crippen LogP contribution in [0.1, 0.15) is 44.4 Å². The van der Waals surface area contributed by atoms with Crippen LogP contribution in [0.2, 0.25) is 0 Å². The van der Waals surface area contributed by atoms with E-state index < -0.39 is 10.0 Å². The lowest BCUT2D eigenvalue weighted by Crippen LogP contribution is -2.28. The zero-order valence-electron chi connectivity index (χ0n) is 12.2. The van der Waals surface area contributed by atoms with Crippen LogP contribution in [-0.4, -0.2) is 21.0 Å². The van der Waals surface area contributed by atoms with Crippen molar-refractivity contribution in [2.45, 2.75) is 57.0 Å². The Morgan fingerprint density at radius 3 is 2.85 bits per heavy atom. The molecule has 1 aliphatic rings. The fraction of sp³-hybridized carbons (Fsp3) is 0.714. The normalized spacial score (nSPS) is 22.1. The first-order valence-corrected chi connectivity index (χ1v) is 9.74. The van der Waals surface area contributed by atoms with E-state index in [0.717, 1.165) is 37.1 Å². The van der Waals surface area contributed by atoms with E-state index >= 15 is 0 Å². The van der Waals surface area contributed by atoms with Gasteiger partial charge >= 0.3 is 0 Å². The Morgan fingerprint density at radius 1 is 1.35 bits per heavy atom. The molecule has 0 saturated heterocycles. The van der Waals surface area contributed by atoms with E-state index in [9.17, 15) is 8.42 Å². The van der Waals surface area contributed by atoms with Gasteiger partial charge in [-0.2, -0.15) is 0 Å². The lowest BCUT2D eigenvalue weighted by molar-refractivity contribution is 0.571. The Labute approximate surface area is 126 Å². The van der Waals surface area contributed by atoms with E-state index in [4.69, 9.17) is 0 Å². The van der Waals surface area contributed by atoms with Crippen molar-refractivity contribution in [1.29, 1.82) is 0 Å². The minimum absolute atomic E-state index is 0.149. The Morgan fingerprint density at radius 2 is 2.15 bits per heavy atom. The summed E-state index contributed by atoms with van der Waals surface area (Å²) in [6.07, 6.45) is 4.27. The predicted octanol–water partition coefficient (Wildman–Crippen LogP) is 2.71. The summed E-state index contributed by atoms with van der Waals surface area (Å²) >= 11 is 1.50. The molecule has 4 nitrogen and oxygen atoms in total. The summed E-state index contributed by atoms with van der Waals surface area (Å²) < 4.78 is 27.7. The Hall–Kier alpha value is -0.430. The summed E-state index contributed by atoms with van der Waals surface area (Å²) in [6.45, 7) is 5.78. The van der Waals surface area contributed by atoms with Crippen molar-refractivity contribution in [3.8, 4) is 0 Å². The Bertz CT molecular complexity index is 525. The van der Waals surface area contributed by atoms with Crippen LogP contribution < -0.4 is 10.0 Å². The maximum atomic E-state index is 12.4. The van der Waals surface area contributed by atoms with Crippen molar-refractivity contribution < 1.29 is 8.42 Å². The molecular weight excluding hydrogens is 292 g/mol. The third-order valence-electron chi connectivity index (χ3n) is 3.59. The molecule has 1 aliphatic carbocycles. The molecule has 0 bridgehead atoms. The first kappa shape index (κ1) is 15.9. The molecule has 2 N–H and O–H groups in total. The summed E-state index contributed by atoms with van der Waals surface area (Å²) in [5.74, 6) is 0.537. The van der Waals surface area contributed by atoms with Crippen molar-refractivity contribution in [3.63, 3.8) is 0 Å². The Kier molecular flexibility index (Phi) is 5.60. The number of sulfonamides is 1. The minimum atomic E-state index is -3.35. The molecule has 114 valence electrons. The molecule has 2 unspecified atom stereocenters. The summed E-state index contributed by atoms with van der Waals surface area (Å²) in [5.41, 5.74) is 0. The van der Waals surface area contributed by atoms with Gasteiger partial charge in [0.25, 0.3) is 0 Å². The molecule has 1 fully saturated rings. The average molecular weight is 316 g/mol. The van der Waals surface area contributed by atoms with Gasteiger partial charge in [0.15, 0.2) is 0 Å². The summed E-state index contributed by atoms with van der Waals surface area (Å²) in [5, 5.41) is 5.12. The second-order valence-electron chi connectivity index (χ2n) is 5.40. The summed E-state index contributed by atoms with van der Waals surface area (Å²) in [7, 11) is -3.35. The predicted molar refractivity (Wildman–Crippen MR) is 83.4 cm³/mol. The minimum Gasteiger partial charge on any atom is -0.312 e. The molecule has 1 heterocycles. The lowest BCUT2D eigenvalue weighted by Gasteiger charge is -2.08. The highest BCUT2D eigenvalue weighted by molar-refractivity contribution is 7.89. The molecule has 0 radical (unpaired) electrons. The van der Waals surface area contributed by atoms with Gasteiger partial charge < -0.3 is 5.32 Å². The average Bonchev–Trinajstić information content (AvgIpc) is 2.92. The zero-order valence-corrected chi connectivity index (χ0v) is 13.8. The van der Waals surface area contributed by atoms with Gasteiger partial charge in [0.2, 0.25) is 10.0 Å². The quantitative estimate of drug-likeness (QED) is 0.689. The molecule has 2 atom stereocenters. The monoisotopic (exact) mass is 316 g/mol. The van der Waals surface area contributed by atoms with Crippen LogP contribution in [0.3, 0.4) is 0 Å². The van der Waals surface area contributed by atoms with Gasteiger partial charge in [-0.15, -0.1) is 11.3 Å². The smallest absolute Gasteiger partial charge is 0.241 e. The number of nitrogens with one attached hydrogen (secondary N) is 2. The van der Waals surface area contributed by atoms with Gasteiger partial charge in [0, 0.05) is 17.5 Å². The van der Waals surface area contributed by atoms with Gasteiger partial charge in [0.1, 0.15) is 0 Å². The molecule has 1 saturated carbocycles. The third-order valence-corrected chi connectivity index (χ3v) is 6.22. The van der Waals surface area contributed by atoms with Crippen LogP contribution in [0, 0.1) is 5.92 Å². The molecule has 0 spiro atoms. The van der Waals surface area contributed by atoms with Crippen LogP contribution in [0.5, 0.6) is 0 Å². The number of rotatable bonds is 9.